The molecule has 2 rings (SSSR count). The molecule has 1 aliphatic rings. The first-order valence-electron chi connectivity index (χ1n) is 6.91. The molecule has 1 fully saturated rings. The maximum absolute atomic E-state index is 12.1. The predicted molar refractivity (Wildman–Crippen MR) is 71.1 cm³/mol. The summed E-state index contributed by atoms with van der Waals surface area (Å²) in [6.07, 6.45) is 3.90. The Bertz CT molecular complexity index is 428. The van der Waals surface area contributed by atoms with E-state index in [2.05, 4.69) is 10.2 Å². The van der Waals surface area contributed by atoms with Crippen LogP contribution in [0, 0.1) is 0 Å². The lowest BCUT2D eigenvalue weighted by Crippen LogP contribution is -2.35. The monoisotopic (exact) mass is 266 g/mol. The van der Waals surface area contributed by atoms with E-state index in [0.717, 1.165) is 31.4 Å². The number of aromatic nitrogens is 2. The Kier molecular flexibility index (Phi) is 4.58. The Labute approximate surface area is 113 Å². The number of aromatic amines is 1. The third-order valence-corrected chi connectivity index (χ3v) is 3.63. The molecule has 2 atom stereocenters. The highest BCUT2D eigenvalue weighted by atomic mass is 16.6. The van der Waals surface area contributed by atoms with Gasteiger partial charge in [-0.1, -0.05) is 20.3 Å². The normalized spacial score (nSPS) is 23.6. The van der Waals surface area contributed by atoms with Crippen LogP contribution < -0.4 is 0 Å². The number of carbonyl (C=O) groups excluding carboxylic acids is 1. The van der Waals surface area contributed by atoms with Crippen LogP contribution in [0.3, 0.4) is 0 Å². The van der Waals surface area contributed by atoms with E-state index in [1.54, 1.807) is 13.2 Å². The summed E-state index contributed by atoms with van der Waals surface area (Å²) in [4.78, 5) is 12.1. The zero-order valence-electron chi connectivity index (χ0n) is 11.8. The molecule has 0 saturated heterocycles. The maximum atomic E-state index is 12.1. The van der Waals surface area contributed by atoms with E-state index in [-0.39, 0.29) is 18.2 Å². The van der Waals surface area contributed by atoms with Gasteiger partial charge in [0.05, 0.1) is 6.10 Å². The molecule has 0 spiro atoms. The number of hydrogen-bond acceptors (Lipinski definition) is 4. The van der Waals surface area contributed by atoms with Crippen LogP contribution in [0.15, 0.2) is 6.07 Å². The summed E-state index contributed by atoms with van der Waals surface area (Å²) in [7, 11) is 1.67. The third-order valence-electron chi connectivity index (χ3n) is 3.63. The smallest absolute Gasteiger partial charge is 0.359 e. The molecule has 1 heterocycles. The molecule has 5 nitrogen and oxygen atoms in total. The highest BCUT2D eigenvalue weighted by molar-refractivity contribution is 5.87. The van der Waals surface area contributed by atoms with E-state index in [0.29, 0.717) is 11.6 Å². The minimum Gasteiger partial charge on any atom is -0.455 e. The van der Waals surface area contributed by atoms with Crippen molar-refractivity contribution in [3.8, 4) is 0 Å². The number of hydrogen-bond donors (Lipinski definition) is 1. The zero-order valence-corrected chi connectivity index (χ0v) is 11.8. The van der Waals surface area contributed by atoms with Gasteiger partial charge in [-0.2, -0.15) is 5.10 Å². The average Bonchev–Trinajstić information content (AvgIpc) is 2.89. The number of nitrogens with one attached hydrogen (secondary N) is 1. The van der Waals surface area contributed by atoms with Crippen LogP contribution in [0.1, 0.15) is 61.6 Å². The van der Waals surface area contributed by atoms with Crippen LogP contribution in [0.25, 0.3) is 0 Å². The Hall–Kier alpha value is -1.36. The number of rotatable bonds is 4. The van der Waals surface area contributed by atoms with Crippen molar-refractivity contribution in [1.29, 1.82) is 0 Å². The lowest BCUT2D eigenvalue weighted by Gasteiger charge is -2.29. The zero-order chi connectivity index (χ0) is 13.8. The fourth-order valence-corrected chi connectivity index (χ4v) is 2.40. The van der Waals surface area contributed by atoms with Gasteiger partial charge in [-0.05, 0) is 31.2 Å². The Morgan fingerprint density at radius 2 is 2.05 bits per heavy atom. The van der Waals surface area contributed by atoms with Crippen molar-refractivity contribution in [2.24, 2.45) is 0 Å². The van der Waals surface area contributed by atoms with Gasteiger partial charge in [-0.15, -0.1) is 0 Å². The van der Waals surface area contributed by atoms with Gasteiger partial charge in [0, 0.05) is 12.8 Å². The molecule has 1 aliphatic carbocycles. The number of esters is 1. The first-order valence-corrected chi connectivity index (χ1v) is 6.91. The van der Waals surface area contributed by atoms with Crippen LogP contribution >= 0.6 is 0 Å². The molecular formula is C14H22N2O3. The number of carbonyl (C=O) groups is 1. The fourth-order valence-electron chi connectivity index (χ4n) is 2.40. The molecule has 1 saturated carbocycles. The van der Waals surface area contributed by atoms with Gasteiger partial charge in [0.25, 0.3) is 0 Å². The van der Waals surface area contributed by atoms with Crippen molar-refractivity contribution < 1.29 is 14.3 Å². The van der Waals surface area contributed by atoms with Crippen LogP contribution in [0.2, 0.25) is 0 Å². The lowest BCUT2D eigenvalue weighted by molar-refractivity contribution is -0.0542. The summed E-state index contributed by atoms with van der Waals surface area (Å²) < 4.78 is 10.9. The quantitative estimate of drug-likeness (QED) is 0.851. The molecule has 0 aliphatic heterocycles. The molecule has 0 aromatic carbocycles. The van der Waals surface area contributed by atoms with Crippen LogP contribution in [-0.4, -0.2) is 35.5 Å². The summed E-state index contributed by atoms with van der Waals surface area (Å²) in [6, 6.07) is 1.76. The minimum absolute atomic E-state index is 0.0150. The minimum atomic E-state index is -0.364. The molecule has 0 unspecified atom stereocenters. The van der Waals surface area contributed by atoms with E-state index in [4.69, 9.17) is 9.47 Å². The summed E-state index contributed by atoms with van der Waals surface area (Å²) in [5, 5.41) is 6.88. The summed E-state index contributed by atoms with van der Waals surface area (Å²) >= 11 is 0. The van der Waals surface area contributed by atoms with Gasteiger partial charge in [0.15, 0.2) is 5.69 Å². The van der Waals surface area contributed by atoms with E-state index < -0.39 is 0 Å². The number of ether oxygens (including phenoxy) is 2. The lowest BCUT2D eigenvalue weighted by atomic mass is 9.94. The third kappa shape index (κ3) is 3.35. The molecule has 5 heteroatoms. The van der Waals surface area contributed by atoms with E-state index in [1.165, 1.54) is 0 Å². The van der Waals surface area contributed by atoms with Gasteiger partial charge >= 0.3 is 5.97 Å². The fraction of sp³-hybridized carbons (Fsp3) is 0.714. The van der Waals surface area contributed by atoms with Crippen molar-refractivity contribution in [2.75, 3.05) is 7.11 Å². The molecule has 19 heavy (non-hydrogen) atoms. The Morgan fingerprint density at radius 1 is 1.37 bits per heavy atom. The van der Waals surface area contributed by atoms with Gasteiger partial charge in [0.1, 0.15) is 6.10 Å². The standard InChI is InChI=1S/C14H22N2O3/c1-9(2)10-8-11(16-15-10)14(17)19-13-7-5-4-6-12(13)18-3/h8-9,12-13H,4-7H2,1-3H3,(H,15,16)/t12-,13-/m0/s1. The number of H-pyrrole nitrogens is 1. The van der Waals surface area contributed by atoms with Gasteiger partial charge in [-0.3, -0.25) is 5.10 Å². The first-order chi connectivity index (χ1) is 9.11. The topological polar surface area (TPSA) is 64.2 Å². The molecule has 1 aromatic heterocycles. The molecular weight excluding hydrogens is 244 g/mol. The molecule has 0 radical (unpaired) electrons. The van der Waals surface area contributed by atoms with E-state index in [1.807, 2.05) is 13.8 Å². The highest BCUT2D eigenvalue weighted by Gasteiger charge is 2.29. The van der Waals surface area contributed by atoms with Gasteiger partial charge < -0.3 is 9.47 Å². The highest BCUT2D eigenvalue weighted by Crippen LogP contribution is 2.24. The van der Waals surface area contributed by atoms with Crippen LogP contribution in [-0.2, 0) is 9.47 Å². The molecule has 0 bridgehead atoms. The Morgan fingerprint density at radius 3 is 2.63 bits per heavy atom. The average molecular weight is 266 g/mol. The van der Waals surface area contributed by atoms with Gasteiger partial charge in [0.2, 0.25) is 0 Å². The number of nitrogens with zero attached hydrogens (tertiary/aromatic N) is 1. The summed E-state index contributed by atoms with van der Waals surface area (Å²) in [6.45, 7) is 4.09. The molecule has 1 aromatic rings. The molecule has 106 valence electrons. The predicted octanol–water partition coefficient (Wildman–Crippen LogP) is 2.65. The van der Waals surface area contributed by atoms with Crippen molar-refractivity contribution in [1.82, 2.24) is 10.2 Å². The van der Waals surface area contributed by atoms with Crippen LogP contribution in [0.4, 0.5) is 0 Å². The summed E-state index contributed by atoms with van der Waals surface area (Å²) in [5.41, 5.74) is 1.29. The maximum Gasteiger partial charge on any atom is 0.359 e. The second-order valence-corrected chi connectivity index (χ2v) is 5.37. The van der Waals surface area contributed by atoms with Crippen molar-refractivity contribution >= 4 is 5.97 Å². The van der Waals surface area contributed by atoms with E-state index in [9.17, 15) is 4.79 Å². The number of methoxy groups -OCH3 is 1. The van der Waals surface area contributed by atoms with E-state index >= 15 is 0 Å². The molecule has 1 N–H and O–H groups in total. The second kappa shape index (κ2) is 6.19. The van der Waals surface area contributed by atoms with Crippen molar-refractivity contribution in [3.05, 3.63) is 17.5 Å². The van der Waals surface area contributed by atoms with Crippen molar-refractivity contribution in [3.63, 3.8) is 0 Å². The summed E-state index contributed by atoms with van der Waals surface area (Å²) in [5.74, 6) is -0.0486. The molecule has 0 amide bonds. The van der Waals surface area contributed by atoms with Crippen molar-refractivity contribution in [2.45, 2.75) is 57.7 Å². The SMILES string of the molecule is CO[C@H]1CCCC[C@@H]1OC(=O)c1cc(C(C)C)[nH]n1. The first kappa shape index (κ1) is 14.1. The second-order valence-electron chi connectivity index (χ2n) is 5.37. The van der Waals surface area contributed by atoms with Crippen LogP contribution in [0.5, 0.6) is 0 Å². The largest absolute Gasteiger partial charge is 0.455 e. The van der Waals surface area contributed by atoms with Gasteiger partial charge in [-0.25, -0.2) is 4.79 Å². The Balaban J connectivity index is 1.99.